The second-order valence-electron chi connectivity index (χ2n) is 2.40. The molecule has 0 aromatic carbocycles. The quantitative estimate of drug-likeness (QED) is 0.549. The summed E-state index contributed by atoms with van der Waals surface area (Å²) in [5, 5.41) is 0. The van der Waals surface area contributed by atoms with Gasteiger partial charge in [-0.3, -0.25) is 12.2 Å². The van der Waals surface area contributed by atoms with Crippen LogP contribution in [-0.4, -0.2) is 4.66 Å². The van der Waals surface area contributed by atoms with Gasteiger partial charge >= 0.3 is 16.8 Å². The molecule has 0 aromatic heterocycles. The fraction of sp³-hybridized carbons (Fsp3) is 0.200. The number of hydrogen-bond donors (Lipinski definition) is 1. The molecule has 2 rings (SSSR count). The van der Waals surface area contributed by atoms with E-state index in [1.54, 1.807) is 0 Å². The monoisotopic (exact) mass is 289 g/mol. The van der Waals surface area contributed by atoms with Gasteiger partial charge in [0.1, 0.15) is 0 Å². The van der Waals surface area contributed by atoms with Crippen LogP contribution < -0.4 is 14.0 Å². The third kappa shape index (κ3) is 23.4. The van der Waals surface area contributed by atoms with Crippen molar-refractivity contribution in [3.8, 4) is 0 Å². The molecule has 0 unspecified atom stereocenters. The Labute approximate surface area is 107 Å². The zero-order chi connectivity index (χ0) is 11.6. The molecule has 1 N–H and O–H groups in total. The number of rotatable bonds is 0. The van der Waals surface area contributed by atoms with Crippen LogP contribution in [0.25, 0.3) is 0 Å². The van der Waals surface area contributed by atoms with E-state index in [0.29, 0.717) is 0 Å². The Morgan fingerprint density at radius 3 is 1.31 bits per heavy atom. The second-order valence-corrected chi connectivity index (χ2v) is 3.19. The minimum atomic E-state index is -4.69. The molecule has 0 aliphatic heterocycles. The summed E-state index contributed by atoms with van der Waals surface area (Å²) in [6.07, 6.45) is 20.0. The fourth-order valence-electron chi connectivity index (χ4n) is 0.680. The van der Waals surface area contributed by atoms with Crippen molar-refractivity contribution in [2.24, 2.45) is 0 Å². The predicted octanol–water partition coefficient (Wildman–Crippen LogP) is -1.52. The van der Waals surface area contributed by atoms with E-state index in [9.17, 15) is 0 Å². The summed E-state index contributed by atoms with van der Waals surface area (Å²) in [4.78, 5) is 0. The van der Waals surface area contributed by atoms with Crippen LogP contribution in [0.3, 0.4) is 0 Å². The largest absolute Gasteiger partial charge is 2.00 e. The molecule has 16 heavy (non-hydrogen) atoms. The van der Waals surface area contributed by atoms with Gasteiger partial charge in [-0.2, -0.15) is 26.1 Å². The summed E-state index contributed by atoms with van der Waals surface area (Å²) in [5.41, 5.74) is 0. The molecule has 0 saturated heterocycles. The molecule has 0 aromatic rings. The molecule has 0 saturated carbocycles. The molecule has 0 fully saturated rings. The van der Waals surface area contributed by atoms with E-state index < -0.39 is 10.2 Å². The van der Waals surface area contributed by atoms with Crippen LogP contribution in [0.5, 0.6) is 0 Å². The van der Waals surface area contributed by atoms with Crippen molar-refractivity contribution in [1.29, 1.82) is 0 Å². The topological polar surface area (TPSA) is 89.4 Å². The molecular formula is C10H11ClCoO4. The molecule has 0 heterocycles. The first-order chi connectivity index (χ1) is 7.00. The molecule has 2 aliphatic rings. The van der Waals surface area contributed by atoms with E-state index in [0.717, 1.165) is 12.8 Å². The van der Waals surface area contributed by atoms with Crippen LogP contribution in [0, 0.1) is 22.4 Å². The molecule has 0 amide bonds. The van der Waals surface area contributed by atoms with E-state index >= 15 is 0 Å². The van der Waals surface area contributed by atoms with Crippen molar-refractivity contribution in [3.63, 3.8) is 0 Å². The van der Waals surface area contributed by atoms with Crippen LogP contribution >= 0.6 is 0 Å². The summed E-state index contributed by atoms with van der Waals surface area (Å²) in [6.45, 7) is 0. The minimum Gasteiger partial charge on any atom is -0.273 e. The molecule has 2 aliphatic carbocycles. The van der Waals surface area contributed by atoms with Gasteiger partial charge < -0.3 is 0 Å². The van der Waals surface area contributed by atoms with E-state index in [1.165, 1.54) is 0 Å². The van der Waals surface area contributed by atoms with Crippen LogP contribution in [0.4, 0.5) is 0 Å². The summed E-state index contributed by atoms with van der Waals surface area (Å²) < 4.78 is 32.7. The van der Waals surface area contributed by atoms with Crippen molar-refractivity contribution < 1.29 is 45.7 Å². The van der Waals surface area contributed by atoms with E-state index in [4.69, 9.17) is 18.6 Å². The Hall–Kier alpha value is -0.404. The van der Waals surface area contributed by atoms with Crippen molar-refractivity contribution in [2.75, 3.05) is 0 Å². The van der Waals surface area contributed by atoms with Gasteiger partial charge in [-0.1, -0.05) is 0 Å². The average Bonchev–Trinajstić information content (AvgIpc) is 2.81. The summed E-state index contributed by atoms with van der Waals surface area (Å²) in [7, 11) is -4.69. The van der Waals surface area contributed by atoms with Crippen molar-refractivity contribution in [2.45, 2.75) is 12.8 Å². The van der Waals surface area contributed by atoms with Gasteiger partial charge in [-0.05, 0) is 0 Å². The summed E-state index contributed by atoms with van der Waals surface area (Å²) in [6, 6.07) is 0. The molecule has 6 heteroatoms. The SMILES string of the molecule is [C-]1=CC=CC1.[C-]1=CC=CC1.[Co+2].[O-][Cl+3]([O-])([O-])O. The Morgan fingerprint density at radius 1 is 0.938 bits per heavy atom. The molecular weight excluding hydrogens is 278 g/mol. The van der Waals surface area contributed by atoms with E-state index in [2.05, 4.69) is 24.3 Å². The van der Waals surface area contributed by atoms with Crippen molar-refractivity contribution >= 4 is 0 Å². The zero-order valence-electron chi connectivity index (χ0n) is 8.26. The first kappa shape index (κ1) is 18.0. The minimum absolute atomic E-state index is 0. The third-order valence-electron chi connectivity index (χ3n) is 1.17. The van der Waals surface area contributed by atoms with Gasteiger partial charge in [0.05, 0.1) is 14.9 Å². The van der Waals surface area contributed by atoms with Gasteiger partial charge in [0, 0.05) is 0 Å². The zero-order valence-corrected chi connectivity index (χ0v) is 10.1. The standard InChI is InChI=1S/2C5H5.ClHO4.Co/c2*1-2-4-5-3-1;2-1(3,4)5;/h2*1-3H,4H2;(H,2,3,4,5);/q2*-1;;+2. The Balaban J connectivity index is 0. The summed E-state index contributed by atoms with van der Waals surface area (Å²) >= 11 is 0. The maximum absolute atomic E-state index is 8.60. The van der Waals surface area contributed by atoms with E-state index in [1.807, 2.05) is 24.3 Å². The normalized spacial score (nSPS) is 14.8. The number of halogens is 1. The van der Waals surface area contributed by atoms with E-state index in [-0.39, 0.29) is 16.8 Å². The van der Waals surface area contributed by atoms with Crippen LogP contribution in [0.1, 0.15) is 12.8 Å². The Kier molecular flexibility index (Phi) is 12.5. The maximum Gasteiger partial charge on any atom is 2.00 e. The van der Waals surface area contributed by atoms with Gasteiger partial charge in [0.2, 0.25) is 0 Å². The molecule has 91 valence electrons. The van der Waals surface area contributed by atoms with Gasteiger partial charge in [-0.25, -0.2) is 24.3 Å². The molecule has 0 atom stereocenters. The van der Waals surface area contributed by atoms with Gasteiger partial charge in [0.25, 0.3) is 0 Å². The Morgan fingerprint density at radius 2 is 1.25 bits per heavy atom. The number of hydrogen-bond acceptors (Lipinski definition) is 4. The molecule has 1 radical (unpaired) electrons. The average molecular weight is 290 g/mol. The first-order valence-electron chi connectivity index (χ1n) is 4.07. The second kappa shape index (κ2) is 11.1. The fourth-order valence-corrected chi connectivity index (χ4v) is 0.680. The first-order valence-corrected chi connectivity index (χ1v) is 5.33. The van der Waals surface area contributed by atoms with Crippen molar-refractivity contribution in [3.05, 3.63) is 48.6 Å². The van der Waals surface area contributed by atoms with Crippen LogP contribution in [-0.2, 0) is 16.8 Å². The number of allylic oxidation sites excluding steroid dienone is 8. The smallest absolute Gasteiger partial charge is 0.273 e. The Bertz CT molecular complexity index is 218. The van der Waals surface area contributed by atoms with Crippen molar-refractivity contribution in [1.82, 2.24) is 0 Å². The van der Waals surface area contributed by atoms with Gasteiger partial charge in [0.15, 0.2) is 0 Å². The van der Waals surface area contributed by atoms with Crippen LogP contribution in [0.15, 0.2) is 36.5 Å². The van der Waals surface area contributed by atoms with Crippen LogP contribution in [0.2, 0.25) is 0 Å². The molecule has 0 bridgehead atoms. The molecule has 0 spiro atoms. The van der Waals surface area contributed by atoms with Gasteiger partial charge in [-0.15, -0.1) is 12.8 Å². The predicted molar refractivity (Wildman–Crippen MR) is 45.4 cm³/mol. The third-order valence-corrected chi connectivity index (χ3v) is 1.17. The maximum atomic E-state index is 8.60. The summed E-state index contributed by atoms with van der Waals surface area (Å²) in [5.74, 6) is 0. The molecule has 4 nitrogen and oxygen atoms in total.